The van der Waals surface area contributed by atoms with E-state index in [1.165, 1.54) is 0 Å². The van der Waals surface area contributed by atoms with Gasteiger partial charge in [-0.05, 0) is 25.7 Å². The van der Waals surface area contributed by atoms with Gasteiger partial charge in [-0.25, -0.2) is 0 Å². The lowest BCUT2D eigenvalue weighted by molar-refractivity contribution is -0.123. The van der Waals surface area contributed by atoms with Gasteiger partial charge in [0.05, 0.1) is 11.6 Å². The molecular weight excluding hydrogens is 168 g/mol. The molecule has 0 aliphatic heterocycles. The van der Waals surface area contributed by atoms with Gasteiger partial charge in [-0.3, -0.25) is 4.79 Å². The molecule has 1 atom stereocenters. The van der Waals surface area contributed by atoms with Crippen molar-refractivity contribution in [2.24, 2.45) is 5.73 Å². The third kappa shape index (κ3) is 2.97. The number of carbonyl (C=O) groups is 1. The van der Waals surface area contributed by atoms with Crippen LogP contribution in [-0.4, -0.2) is 29.2 Å². The second-order valence-electron chi connectivity index (χ2n) is 3.76. The third-order valence-electron chi connectivity index (χ3n) is 2.48. The first-order valence-electron chi connectivity index (χ1n) is 4.84. The number of amides is 1. The molecule has 1 rings (SSSR count). The van der Waals surface area contributed by atoms with Crippen molar-refractivity contribution in [3.63, 3.8) is 0 Å². The molecule has 1 unspecified atom stereocenters. The molecule has 0 heterocycles. The van der Waals surface area contributed by atoms with Crippen LogP contribution >= 0.6 is 0 Å². The second-order valence-corrected chi connectivity index (χ2v) is 3.76. The van der Waals surface area contributed by atoms with Crippen molar-refractivity contribution in [2.75, 3.05) is 6.54 Å². The summed E-state index contributed by atoms with van der Waals surface area (Å²) in [6.07, 6.45) is 2.60. The maximum Gasteiger partial charge on any atom is 0.240 e. The van der Waals surface area contributed by atoms with E-state index in [1.807, 2.05) is 6.92 Å². The minimum atomic E-state index is -0.586. The summed E-state index contributed by atoms with van der Waals surface area (Å²) in [6, 6.07) is 0. The Bertz CT molecular complexity index is 190. The zero-order chi connectivity index (χ0) is 9.90. The van der Waals surface area contributed by atoms with Gasteiger partial charge in [-0.15, -0.1) is 0 Å². The summed E-state index contributed by atoms with van der Waals surface area (Å²) in [7, 11) is 0. The van der Waals surface area contributed by atoms with Crippen LogP contribution in [0.15, 0.2) is 0 Å². The highest BCUT2D eigenvalue weighted by atomic mass is 16.3. The zero-order valence-corrected chi connectivity index (χ0v) is 8.05. The number of nitrogens with two attached hydrogens (primary N) is 1. The standard InChI is InChI=1S/C9H18N2O2/c1-2-7(12)3-6-11-8(13)9(10)4-5-9/h7,12H,2-6,10H2,1H3,(H,11,13). The lowest BCUT2D eigenvalue weighted by Crippen LogP contribution is -2.43. The Kier molecular flexibility index (Phi) is 3.27. The van der Waals surface area contributed by atoms with Crippen molar-refractivity contribution in [3.05, 3.63) is 0 Å². The fraction of sp³-hybridized carbons (Fsp3) is 0.889. The molecule has 4 N–H and O–H groups in total. The lowest BCUT2D eigenvalue weighted by Gasteiger charge is -2.11. The maximum atomic E-state index is 11.3. The number of carbonyl (C=O) groups excluding carboxylic acids is 1. The van der Waals surface area contributed by atoms with Crippen LogP contribution in [0.2, 0.25) is 0 Å². The monoisotopic (exact) mass is 186 g/mol. The molecule has 4 nitrogen and oxygen atoms in total. The van der Waals surface area contributed by atoms with Gasteiger partial charge in [0.15, 0.2) is 0 Å². The molecule has 0 aromatic heterocycles. The predicted octanol–water partition coefficient (Wildman–Crippen LogP) is -0.245. The zero-order valence-electron chi connectivity index (χ0n) is 8.05. The molecule has 0 bridgehead atoms. The van der Waals surface area contributed by atoms with Crippen LogP contribution in [0, 0.1) is 0 Å². The Morgan fingerprint density at radius 2 is 2.31 bits per heavy atom. The highest BCUT2D eigenvalue weighted by Crippen LogP contribution is 2.31. The average Bonchev–Trinajstić information content (AvgIpc) is 2.84. The van der Waals surface area contributed by atoms with Gasteiger partial charge in [-0.1, -0.05) is 6.92 Å². The summed E-state index contributed by atoms with van der Waals surface area (Å²) in [6.45, 7) is 2.44. The van der Waals surface area contributed by atoms with Gasteiger partial charge in [0.1, 0.15) is 0 Å². The van der Waals surface area contributed by atoms with Gasteiger partial charge < -0.3 is 16.2 Å². The van der Waals surface area contributed by atoms with Crippen LogP contribution in [0.3, 0.4) is 0 Å². The molecule has 4 heteroatoms. The molecule has 1 amide bonds. The van der Waals surface area contributed by atoms with E-state index in [9.17, 15) is 9.90 Å². The first kappa shape index (κ1) is 10.5. The van der Waals surface area contributed by atoms with Gasteiger partial charge in [0, 0.05) is 6.54 Å². The summed E-state index contributed by atoms with van der Waals surface area (Å²) in [5, 5.41) is 11.9. The summed E-state index contributed by atoms with van der Waals surface area (Å²) < 4.78 is 0. The summed E-state index contributed by atoms with van der Waals surface area (Å²) in [5.41, 5.74) is 5.08. The van der Waals surface area contributed by atoms with Crippen LogP contribution in [0.1, 0.15) is 32.6 Å². The van der Waals surface area contributed by atoms with Gasteiger partial charge in [0.2, 0.25) is 5.91 Å². The van der Waals surface area contributed by atoms with Gasteiger partial charge in [-0.2, -0.15) is 0 Å². The minimum Gasteiger partial charge on any atom is -0.393 e. The van der Waals surface area contributed by atoms with Gasteiger partial charge >= 0.3 is 0 Å². The quantitative estimate of drug-likeness (QED) is 0.554. The van der Waals surface area contributed by atoms with Crippen molar-refractivity contribution in [1.29, 1.82) is 0 Å². The van der Waals surface area contributed by atoms with Crippen LogP contribution in [0.25, 0.3) is 0 Å². The molecule has 0 spiro atoms. The van der Waals surface area contributed by atoms with Crippen molar-refractivity contribution < 1.29 is 9.90 Å². The Morgan fingerprint density at radius 1 is 1.69 bits per heavy atom. The Morgan fingerprint density at radius 3 is 2.77 bits per heavy atom. The topological polar surface area (TPSA) is 75.3 Å². The number of hydrogen-bond acceptors (Lipinski definition) is 3. The van der Waals surface area contributed by atoms with E-state index < -0.39 is 5.54 Å². The van der Waals surface area contributed by atoms with E-state index in [2.05, 4.69) is 5.32 Å². The number of hydrogen-bond donors (Lipinski definition) is 3. The fourth-order valence-corrected chi connectivity index (χ4v) is 1.09. The molecule has 1 aliphatic carbocycles. The molecule has 0 radical (unpaired) electrons. The number of nitrogens with one attached hydrogen (secondary N) is 1. The summed E-state index contributed by atoms with van der Waals surface area (Å²) in [4.78, 5) is 11.3. The Balaban J connectivity index is 2.09. The van der Waals surface area contributed by atoms with Crippen LogP contribution in [-0.2, 0) is 4.79 Å². The fourth-order valence-electron chi connectivity index (χ4n) is 1.09. The first-order valence-corrected chi connectivity index (χ1v) is 4.84. The minimum absolute atomic E-state index is 0.0733. The first-order chi connectivity index (χ1) is 6.08. The molecule has 1 fully saturated rings. The van der Waals surface area contributed by atoms with Crippen LogP contribution in [0.4, 0.5) is 0 Å². The Hall–Kier alpha value is -0.610. The number of aliphatic hydroxyl groups is 1. The van der Waals surface area contributed by atoms with E-state index in [4.69, 9.17) is 5.73 Å². The van der Waals surface area contributed by atoms with E-state index in [1.54, 1.807) is 0 Å². The molecule has 1 aliphatic rings. The molecule has 0 aromatic rings. The molecule has 0 aromatic carbocycles. The highest BCUT2D eigenvalue weighted by molar-refractivity contribution is 5.88. The summed E-state index contributed by atoms with van der Waals surface area (Å²) >= 11 is 0. The second kappa shape index (κ2) is 4.07. The molecule has 1 saturated carbocycles. The highest BCUT2D eigenvalue weighted by Gasteiger charge is 2.45. The smallest absolute Gasteiger partial charge is 0.240 e. The average molecular weight is 186 g/mol. The Labute approximate surface area is 78.5 Å². The third-order valence-corrected chi connectivity index (χ3v) is 2.48. The van der Waals surface area contributed by atoms with Gasteiger partial charge in [0.25, 0.3) is 0 Å². The molecular formula is C9H18N2O2. The van der Waals surface area contributed by atoms with Crippen LogP contribution < -0.4 is 11.1 Å². The largest absolute Gasteiger partial charge is 0.393 e. The van der Waals surface area contributed by atoms with Crippen molar-refractivity contribution in [1.82, 2.24) is 5.32 Å². The molecule has 76 valence electrons. The number of rotatable bonds is 5. The SMILES string of the molecule is CCC(O)CCNC(=O)C1(N)CC1. The summed E-state index contributed by atoms with van der Waals surface area (Å²) in [5.74, 6) is -0.0733. The van der Waals surface area contributed by atoms with Crippen molar-refractivity contribution in [2.45, 2.75) is 44.2 Å². The van der Waals surface area contributed by atoms with E-state index in [0.29, 0.717) is 13.0 Å². The maximum absolute atomic E-state index is 11.3. The normalized spacial score (nSPS) is 20.8. The molecule has 13 heavy (non-hydrogen) atoms. The predicted molar refractivity (Wildman–Crippen MR) is 50.1 cm³/mol. The van der Waals surface area contributed by atoms with E-state index >= 15 is 0 Å². The lowest BCUT2D eigenvalue weighted by atomic mass is 10.2. The van der Waals surface area contributed by atoms with E-state index in [-0.39, 0.29) is 12.0 Å². The number of aliphatic hydroxyl groups excluding tert-OH is 1. The van der Waals surface area contributed by atoms with Crippen LogP contribution in [0.5, 0.6) is 0 Å². The van der Waals surface area contributed by atoms with Crippen molar-refractivity contribution in [3.8, 4) is 0 Å². The molecule has 0 saturated heterocycles. The van der Waals surface area contributed by atoms with Crippen molar-refractivity contribution >= 4 is 5.91 Å². The van der Waals surface area contributed by atoms with E-state index in [0.717, 1.165) is 19.3 Å².